The second kappa shape index (κ2) is 4.47. The Kier molecular flexibility index (Phi) is 3.21. The lowest BCUT2D eigenvalue weighted by Crippen LogP contribution is -2.37. The zero-order valence-electron chi connectivity index (χ0n) is 9.26. The van der Waals surface area contributed by atoms with Crippen LogP contribution in [0.25, 0.3) is 0 Å². The van der Waals surface area contributed by atoms with Gasteiger partial charge in [0.05, 0.1) is 6.04 Å². The second-order valence-electron chi connectivity index (χ2n) is 4.43. The van der Waals surface area contributed by atoms with Gasteiger partial charge < -0.3 is 0 Å². The minimum atomic E-state index is -0.516. The summed E-state index contributed by atoms with van der Waals surface area (Å²) in [5, 5.41) is 0. The van der Waals surface area contributed by atoms with Gasteiger partial charge in [0, 0.05) is 5.56 Å². The van der Waals surface area contributed by atoms with Crippen LogP contribution in [0.5, 0.6) is 0 Å². The van der Waals surface area contributed by atoms with Gasteiger partial charge in [0.15, 0.2) is 0 Å². The molecule has 88 valence electrons. The number of nitrogens with one attached hydrogen (secondary N) is 1. The number of aryl methyl sites for hydroxylation is 1. The molecule has 1 unspecified atom stereocenters. The summed E-state index contributed by atoms with van der Waals surface area (Å²) in [6.45, 7) is 1.63. The predicted octanol–water partition coefficient (Wildman–Crippen LogP) is 2.58. The predicted molar refractivity (Wildman–Crippen MR) is 58.5 cm³/mol. The molecular weight excluding hydrogens is 210 g/mol. The van der Waals surface area contributed by atoms with E-state index >= 15 is 0 Å². The van der Waals surface area contributed by atoms with Gasteiger partial charge in [-0.3, -0.25) is 11.3 Å². The smallest absolute Gasteiger partial charge is 0.133 e. The number of hydrogen-bond acceptors (Lipinski definition) is 2. The largest absolute Gasteiger partial charge is 0.271 e. The molecule has 0 saturated heterocycles. The molecule has 16 heavy (non-hydrogen) atoms. The van der Waals surface area contributed by atoms with Crippen LogP contribution in [0.1, 0.15) is 36.4 Å². The van der Waals surface area contributed by atoms with E-state index in [9.17, 15) is 8.78 Å². The van der Waals surface area contributed by atoms with Gasteiger partial charge >= 0.3 is 0 Å². The Morgan fingerprint density at radius 3 is 2.56 bits per heavy atom. The molecule has 2 rings (SSSR count). The summed E-state index contributed by atoms with van der Waals surface area (Å²) in [5.41, 5.74) is 3.09. The summed E-state index contributed by atoms with van der Waals surface area (Å²) >= 11 is 0. The Hall–Kier alpha value is -1.00. The van der Waals surface area contributed by atoms with Crippen molar-refractivity contribution < 1.29 is 8.78 Å². The molecule has 0 aromatic heterocycles. The van der Waals surface area contributed by atoms with E-state index in [4.69, 9.17) is 5.84 Å². The summed E-state index contributed by atoms with van der Waals surface area (Å²) in [7, 11) is 0. The highest BCUT2D eigenvalue weighted by atomic mass is 19.1. The third-order valence-electron chi connectivity index (χ3n) is 3.43. The van der Waals surface area contributed by atoms with Crippen LogP contribution in [-0.2, 0) is 0 Å². The summed E-state index contributed by atoms with van der Waals surface area (Å²) in [5.74, 6) is 4.67. The fourth-order valence-corrected chi connectivity index (χ4v) is 2.19. The van der Waals surface area contributed by atoms with Crippen LogP contribution >= 0.6 is 0 Å². The molecule has 0 bridgehead atoms. The Labute approximate surface area is 93.8 Å². The van der Waals surface area contributed by atoms with E-state index in [2.05, 4.69) is 5.43 Å². The number of nitrogens with two attached hydrogens (primary N) is 1. The third-order valence-corrected chi connectivity index (χ3v) is 3.43. The minimum Gasteiger partial charge on any atom is -0.271 e. The SMILES string of the molecule is Cc1ccc(F)c(C(NN)C2CCC2)c1F. The third kappa shape index (κ3) is 1.83. The lowest BCUT2D eigenvalue weighted by molar-refractivity contribution is 0.223. The van der Waals surface area contributed by atoms with E-state index in [1.165, 1.54) is 12.1 Å². The van der Waals surface area contributed by atoms with Gasteiger partial charge in [-0.05, 0) is 37.3 Å². The fraction of sp³-hybridized carbons (Fsp3) is 0.500. The van der Waals surface area contributed by atoms with Gasteiger partial charge in [-0.1, -0.05) is 12.5 Å². The molecule has 3 N–H and O–H groups in total. The summed E-state index contributed by atoms with van der Waals surface area (Å²) in [6.07, 6.45) is 3.06. The highest BCUT2D eigenvalue weighted by molar-refractivity contribution is 5.30. The molecule has 0 aliphatic heterocycles. The molecule has 4 heteroatoms. The van der Waals surface area contributed by atoms with E-state index < -0.39 is 17.7 Å². The molecule has 1 fully saturated rings. The first-order chi connectivity index (χ1) is 7.65. The number of hydrogen-bond donors (Lipinski definition) is 2. The summed E-state index contributed by atoms with van der Waals surface area (Å²) in [4.78, 5) is 0. The average Bonchev–Trinajstić information content (AvgIpc) is 2.20. The van der Waals surface area contributed by atoms with Gasteiger partial charge in [-0.15, -0.1) is 0 Å². The van der Waals surface area contributed by atoms with Crippen LogP contribution < -0.4 is 11.3 Å². The first-order valence-electron chi connectivity index (χ1n) is 5.55. The van der Waals surface area contributed by atoms with Crippen LogP contribution in [0.3, 0.4) is 0 Å². The van der Waals surface area contributed by atoms with E-state index in [1.807, 2.05) is 0 Å². The van der Waals surface area contributed by atoms with Crippen LogP contribution in [0.4, 0.5) is 8.78 Å². The Morgan fingerprint density at radius 2 is 2.06 bits per heavy atom. The van der Waals surface area contributed by atoms with Crippen molar-refractivity contribution in [3.63, 3.8) is 0 Å². The van der Waals surface area contributed by atoms with Crippen LogP contribution in [0, 0.1) is 24.5 Å². The van der Waals surface area contributed by atoms with E-state index in [0.29, 0.717) is 5.56 Å². The van der Waals surface area contributed by atoms with E-state index in [-0.39, 0.29) is 11.5 Å². The van der Waals surface area contributed by atoms with E-state index in [0.717, 1.165) is 19.3 Å². The first kappa shape index (κ1) is 11.5. The van der Waals surface area contributed by atoms with Gasteiger partial charge in [0.1, 0.15) is 11.6 Å². The highest BCUT2D eigenvalue weighted by Gasteiger charge is 2.31. The maximum Gasteiger partial charge on any atom is 0.133 e. The zero-order chi connectivity index (χ0) is 11.7. The summed E-state index contributed by atoms with van der Waals surface area (Å²) in [6, 6.07) is 2.34. The van der Waals surface area contributed by atoms with Gasteiger partial charge in [0.2, 0.25) is 0 Å². The van der Waals surface area contributed by atoms with Crippen molar-refractivity contribution in [2.45, 2.75) is 32.2 Å². The van der Waals surface area contributed by atoms with Crippen LogP contribution in [0.2, 0.25) is 0 Å². The quantitative estimate of drug-likeness (QED) is 0.614. The molecule has 1 aliphatic rings. The zero-order valence-corrected chi connectivity index (χ0v) is 9.26. The van der Waals surface area contributed by atoms with Crippen molar-refractivity contribution in [3.05, 3.63) is 34.9 Å². The van der Waals surface area contributed by atoms with E-state index in [1.54, 1.807) is 6.92 Å². The lowest BCUT2D eigenvalue weighted by atomic mass is 9.77. The molecule has 1 aromatic carbocycles. The topological polar surface area (TPSA) is 38.0 Å². The van der Waals surface area contributed by atoms with Crippen molar-refractivity contribution in [2.24, 2.45) is 11.8 Å². The van der Waals surface area contributed by atoms with Gasteiger partial charge in [-0.25, -0.2) is 8.78 Å². The van der Waals surface area contributed by atoms with Gasteiger partial charge in [0.25, 0.3) is 0 Å². The Morgan fingerprint density at radius 1 is 1.38 bits per heavy atom. The molecule has 1 atom stereocenters. The van der Waals surface area contributed by atoms with Gasteiger partial charge in [-0.2, -0.15) is 0 Å². The molecule has 0 radical (unpaired) electrons. The number of hydrazine groups is 1. The second-order valence-corrected chi connectivity index (χ2v) is 4.43. The molecular formula is C12H16F2N2. The normalized spacial score (nSPS) is 18.2. The fourth-order valence-electron chi connectivity index (χ4n) is 2.19. The molecule has 0 spiro atoms. The average molecular weight is 226 g/mol. The Bertz CT molecular complexity index is 389. The maximum absolute atomic E-state index is 13.9. The molecule has 1 aliphatic carbocycles. The molecule has 1 saturated carbocycles. The monoisotopic (exact) mass is 226 g/mol. The minimum absolute atomic E-state index is 0.0900. The van der Waals surface area contributed by atoms with Crippen LogP contribution in [0.15, 0.2) is 12.1 Å². The first-order valence-corrected chi connectivity index (χ1v) is 5.55. The van der Waals surface area contributed by atoms with Crippen molar-refractivity contribution in [1.82, 2.24) is 5.43 Å². The summed E-state index contributed by atoms with van der Waals surface area (Å²) < 4.78 is 27.5. The van der Waals surface area contributed by atoms with Crippen molar-refractivity contribution in [3.8, 4) is 0 Å². The van der Waals surface area contributed by atoms with Crippen molar-refractivity contribution in [2.75, 3.05) is 0 Å². The number of halogens is 2. The number of rotatable bonds is 3. The van der Waals surface area contributed by atoms with Crippen LogP contribution in [-0.4, -0.2) is 0 Å². The Balaban J connectivity index is 2.39. The maximum atomic E-state index is 13.9. The number of benzene rings is 1. The molecule has 0 heterocycles. The lowest BCUT2D eigenvalue weighted by Gasteiger charge is -2.34. The standard InChI is InChI=1S/C12H16F2N2/c1-7-5-6-9(13)10(11(7)14)12(16-15)8-3-2-4-8/h5-6,8,12,16H,2-4,15H2,1H3. The molecule has 0 amide bonds. The molecule has 2 nitrogen and oxygen atoms in total. The molecule has 1 aromatic rings. The van der Waals surface area contributed by atoms with Crippen molar-refractivity contribution >= 4 is 0 Å². The van der Waals surface area contributed by atoms with Crippen molar-refractivity contribution in [1.29, 1.82) is 0 Å². The highest BCUT2D eigenvalue weighted by Crippen LogP contribution is 2.39.